The van der Waals surface area contributed by atoms with Crippen LogP contribution in [0.25, 0.3) is 10.9 Å². The summed E-state index contributed by atoms with van der Waals surface area (Å²) in [7, 11) is 4.90. The van der Waals surface area contributed by atoms with Crippen LogP contribution in [-0.2, 0) is 13.0 Å². The Morgan fingerprint density at radius 3 is 2.49 bits per heavy atom. The zero-order chi connectivity index (χ0) is 28.9. The Morgan fingerprint density at radius 2 is 1.78 bits per heavy atom. The lowest BCUT2D eigenvalue weighted by atomic mass is 9.99. The number of tetrazole rings is 1. The molecular formula is C31H40N6O4. The summed E-state index contributed by atoms with van der Waals surface area (Å²) < 4.78 is 18.4. The van der Waals surface area contributed by atoms with Gasteiger partial charge >= 0.3 is 0 Å². The maximum atomic E-state index is 13.4. The maximum absolute atomic E-state index is 13.4. The standard InChI is InChI=1S/C31H40N6O4/c1-20(2)29(30-33-34-35-37(30)24-8-6-7-9-24)36(15-14-21-10-13-27(40-4)28(16-21)41-5)19-23-17-22-11-12-25(39-3)18-26(22)32-31(23)38/h10-13,16-18,20,24,29H,6-9,14-15,19H2,1-5H3,(H,32,38). The number of nitrogens with zero attached hydrogens (tertiary/aromatic N) is 5. The van der Waals surface area contributed by atoms with Crippen molar-refractivity contribution in [1.29, 1.82) is 0 Å². The number of ether oxygens (including phenoxy) is 3. The molecular weight excluding hydrogens is 520 g/mol. The van der Waals surface area contributed by atoms with Gasteiger partial charge in [-0.2, -0.15) is 0 Å². The Hall–Kier alpha value is -3.92. The first-order valence-corrected chi connectivity index (χ1v) is 14.3. The molecule has 10 heteroatoms. The van der Waals surface area contributed by atoms with Crippen LogP contribution in [0, 0.1) is 5.92 Å². The monoisotopic (exact) mass is 560 g/mol. The summed E-state index contributed by atoms with van der Waals surface area (Å²) in [5.74, 6) is 3.17. The van der Waals surface area contributed by atoms with Gasteiger partial charge in [0.25, 0.3) is 5.56 Å². The van der Waals surface area contributed by atoms with E-state index < -0.39 is 0 Å². The predicted octanol–water partition coefficient (Wildman–Crippen LogP) is 5.10. The van der Waals surface area contributed by atoms with Gasteiger partial charge in [0.05, 0.1) is 38.9 Å². The summed E-state index contributed by atoms with van der Waals surface area (Å²) in [5.41, 5.74) is 2.45. The molecule has 1 aliphatic rings. The number of pyridine rings is 1. The first-order valence-electron chi connectivity index (χ1n) is 14.3. The van der Waals surface area contributed by atoms with Gasteiger partial charge < -0.3 is 19.2 Å². The molecule has 218 valence electrons. The van der Waals surface area contributed by atoms with E-state index in [1.54, 1.807) is 21.3 Å². The first kappa shape index (κ1) is 28.6. The fraction of sp³-hybridized carbons (Fsp3) is 0.484. The summed E-state index contributed by atoms with van der Waals surface area (Å²) in [4.78, 5) is 18.8. The van der Waals surface area contributed by atoms with Gasteiger partial charge in [-0.3, -0.25) is 9.69 Å². The van der Waals surface area contributed by atoms with Crippen LogP contribution < -0.4 is 19.8 Å². The number of fused-ring (bicyclic) bond motifs is 1. The Labute approximate surface area is 240 Å². The van der Waals surface area contributed by atoms with E-state index in [-0.39, 0.29) is 17.5 Å². The fourth-order valence-corrected chi connectivity index (χ4v) is 6.00. The van der Waals surface area contributed by atoms with E-state index in [2.05, 4.69) is 45.3 Å². The summed E-state index contributed by atoms with van der Waals surface area (Å²) in [6.45, 7) is 5.53. The topological polar surface area (TPSA) is 107 Å². The Bertz CT molecular complexity index is 1520. The third kappa shape index (κ3) is 6.22. The van der Waals surface area contributed by atoms with Crippen molar-refractivity contribution < 1.29 is 14.2 Å². The van der Waals surface area contributed by atoms with Crippen LogP contribution in [0.5, 0.6) is 17.2 Å². The van der Waals surface area contributed by atoms with Gasteiger partial charge in [-0.15, -0.1) is 5.10 Å². The molecule has 10 nitrogen and oxygen atoms in total. The lowest BCUT2D eigenvalue weighted by molar-refractivity contribution is 0.133. The van der Waals surface area contributed by atoms with Gasteiger partial charge in [-0.25, -0.2) is 4.68 Å². The Kier molecular flexibility index (Phi) is 8.87. The molecule has 5 rings (SSSR count). The average molecular weight is 561 g/mol. The minimum atomic E-state index is -0.111. The van der Waals surface area contributed by atoms with E-state index in [9.17, 15) is 4.79 Å². The van der Waals surface area contributed by atoms with E-state index in [0.717, 1.165) is 41.6 Å². The minimum Gasteiger partial charge on any atom is -0.497 e. The number of methoxy groups -OCH3 is 3. The highest BCUT2D eigenvalue weighted by Crippen LogP contribution is 2.35. The number of hydrogen-bond donors (Lipinski definition) is 1. The van der Waals surface area contributed by atoms with E-state index in [1.807, 2.05) is 41.1 Å². The molecule has 0 bridgehead atoms. The molecule has 0 aliphatic heterocycles. The molecule has 1 aliphatic carbocycles. The summed E-state index contributed by atoms with van der Waals surface area (Å²) in [6, 6.07) is 13.9. The van der Waals surface area contributed by atoms with E-state index in [1.165, 1.54) is 12.8 Å². The van der Waals surface area contributed by atoms with Crippen molar-refractivity contribution in [3.05, 3.63) is 69.8 Å². The van der Waals surface area contributed by atoms with Gasteiger partial charge in [-0.05, 0) is 76.9 Å². The van der Waals surface area contributed by atoms with Crippen molar-refractivity contribution >= 4 is 10.9 Å². The minimum absolute atomic E-state index is 0.0864. The molecule has 1 fully saturated rings. The molecule has 0 amide bonds. The number of H-pyrrole nitrogens is 1. The van der Waals surface area contributed by atoms with Crippen molar-refractivity contribution in [3.63, 3.8) is 0 Å². The highest BCUT2D eigenvalue weighted by Gasteiger charge is 2.32. The quantitative estimate of drug-likeness (QED) is 0.255. The lowest BCUT2D eigenvalue weighted by Gasteiger charge is -2.34. The largest absolute Gasteiger partial charge is 0.497 e. The summed E-state index contributed by atoms with van der Waals surface area (Å²) >= 11 is 0. The number of aromatic amines is 1. The average Bonchev–Trinajstić information content (AvgIpc) is 3.68. The van der Waals surface area contributed by atoms with Gasteiger partial charge in [0.15, 0.2) is 17.3 Å². The van der Waals surface area contributed by atoms with E-state index in [4.69, 9.17) is 14.2 Å². The molecule has 1 saturated carbocycles. The van der Waals surface area contributed by atoms with Crippen molar-refractivity contribution in [2.75, 3.05) is 27.9 Å². The second-order valence-electron chi connectivity index (χ2n) is 11.1. The zero-order valence-electron chi connectivity index (χ0n) is 24.6. The maximum Gasteiger partial charge on any atom is 0.252 e. The fourth-order valence-electron chi connectivity index (χ4n) is 6.00. The number of aromatic nitrogens is 5. The number of benzene rings is 2. The smallest absolute Gasteiger partial charge is 0.252 e. The van der Waals surface area contributed by atoms with Gasteiger partial charge in [0.2, 0.25) is 0 Å². The molecule has 4 aromatic rings. The molecule has 0 spiro atoms. The normalized spacial score (nSPS) is 14.7. The lowest BCUT2D eigenvalue weighted by Crippen LogP contribution is -2.37. The van der Waals surface area contributed by atoms with Crippen LogP contribution in [0.4, 0.5) is 0 Å². The third-order valence-corrected chi connectivity index (χ3v) is 8.12. The van der Waals surface area contributed by atoms with Crippen molar-refractivity contribution in [2.24, 2.45) is 5.92 Å². The second-order valence-corrected chi connectivity index (χ2v) is 11.1. The van der Waals surface area contributed by atoms with Crippen LogP contribution in [0.2, 0.25) is 0 Å². The van der Waals surface area contributed by atoms with Crippen molar-refractivity contribution in [3.8, 4) is 17.2 Å². The highest BCUT2D eigenvalue weighted by atomic mass is 16.5. The van der Waals surface area contributed by atoms with Gasteiger partial charge in [0.1, 0.15) is 5.75 Å². The van der Waals surface area contributed by atoms with Crippen LogP contribution >= 0.6 is 0 Å². The van der Waals surface area contributed by atoms with E-state index >= 15 is 0 Å². The van der Waals surface area contributed by atoms with Gasteiger partial charge in [-0.1, -0.05) is 32.8 Å². The van der Waals surface area contributed by atoms with E-state index in [0.29, 0.717) is 41.9 Å². The number of hydrogen-bond acceptors (Lipinski definition) is 8. The molecule has 0 saturated heterocycles. The molecule has 2 aromatic carbocycles. The third-order valence-electron chi connectivity index (χ3n) is 8.12. The molecule has 41 heavy (non-hydrogen) atoms. The van der Waals surface area contributed by atoms with Crippen molar-refractivity contribution in [1.82, 2.24) is 30.1 Å². The number of rotatable bonds is 12. The van der Waals surface area contributed by atoms with Crippen LogP contribution in [0.15, 0.2) is 47.3 Å². The summed E-state index contributed by atoms with van der Waals surface area (Å²) in [5, 5.41) is 14.1. The van der Waals surface area contributed by atoms with Crippen LogP contribution in [0.1, 0.15) is 68.6 Å². The van der Waals surface area contributed by atoms with Crippen LogP contribution in [-0.4, -0.2) is 58.0 Å². The zero-order valence-corrected chi connectivity index (χ0v) is 24.6. The van der Waals surface area contributed by atoms with Gasteiger partial charge in [0, 0.05) is 24.7 Å². The molecule has 0 radical (unpaired) electrons. The number of nitrogens with one attached hydrogen (secondary N) is 1. The SMILES string of the molecule is COc1ccc2cc(CN(CCc3ccc(OC)c(OC)c3)C(c3nnnn3C3CCCC3)C(C)C)c(=O)[nH]c2c1. The highest BCUT2D eigenvalue weighted by molar-refractivity contribution is 5.80. The second kappa shape index (κ2) is 12.7. The summed E-state index contributed by atoms with van der Waals surface area (Å²) in [6.07, 6.45) is 5.30. The van der Waals surface area contributed by atoms with Crippen LogP contribution in [0.3, 0.4) is 0 Å². The molecule has 1 atom stereocenters. The molecule has 2 heterocycles. The Balaban J connectivity index is 1.51. The Morgan fingerprint density at radius 1 is 1.00 bits per heavy atom. The van der Waals surface area contributed by atoms with Crippen molar-refractivity contribution in [2.45, 2.75) is 64.6 Å². The first-order chi connectivity index (χ1) is 19.9. The molecule has 1 unspecified atom stereocenters. The molecule has 2 aromatic heterocycles. The predicted molar refractivity (Wildman–Crippen MR) is 158 cm³/mol. The molecule has 1 N–H and O–H groups in total.